The Hall–Kier alpha value is -2.28. The zero-order chi connectivity index (χ0) is 18.8. The van der Waals surface area contributed by atoms with Gasteiger partial charge in [0.2, 0.25) is 5.75 Å². The van der Waals surface area contributed by atoms with Gasteiger partial charge in [-0.25, -0.2) is 0 Å². The van der Waals surface area contributed by atoms with Crippen molar-refractivity contribution in [2.24, 2.45) is 0 Å². The summed E-state index contributed by atoms with van der Waals surface area (Å²) in [6.45, 7) is 2.78. The van der Waals surface area contributed by atoms with E-state index in [1.807, 2.05) is 24.0 Å². The van der Waals surface area contributed by atoms with Gasteiger partial charge in [0, 0.05) is 24.2 Å². The Labute approximate surface area is 159 Å². The van der Waals surface area contributed by atoms with Crippen LogP contribution in [-0.4, -0.2) is 43.7 Å². The number of hydrogen-bond acceptors (Lipinski definition) is 5. The zero-order valence-corrected chi connectivity index (χ0v) is 16.4. The molecular weight excluding hydrogens is 352 g/mol. The number of methoxy groups -OCH3 is 3. The second-order valence-corrected chi connectivity index (χ2v) is 6.61. The van der Waals surface area contributed by atoms with Crippen molar-refractivity contribution >= 4 is 23.1 Å². The largest absolute Gasteiger partial charge is 0.493 e. The molecule has 6 nitrogen and oxygen atoms in total. The highest BCUT2D eigenvalue weighted by atomic mass is 32.1. The summed E-state index contributed by atoms with van der Waals surface area (Å²) < 4.78 is 16.3. The lowest BCUT2D eigenvalue weighted by Crippen LogP contribution is -2.49. The monoisotopic (exact) mass is 376 g/mol. The highest BCUT2D eigenvalue weighted by molar-refractivity contribution is 7.80. The van der Waals surface area contributed by atoms with Crippen LogP contribution < -0.4 is 19.5 Å². The number of benzene rings is 1. The standard InChI is InChI=1S/C19H24N2O4S/c1-5-21-12-7-6-8-13(22)16(12)17(20-19(21)26)11-9-14(23-2)18(25-4)15(10-11)24-3/h9-10,17H,5-8H2,1-4H3,(H,20,26). The Morgan fingerprint density at radius 2 is 1.81 bits per heavy atom. The van der Waals surface area contributed by atoms with Crippen LogP contribution in [0.1, 0.15) is 37.8 Å². The van der Waals surface area contributed by atoms with E-state index in [9.17, 15) is 4.79 Å². The van der Waals surface area contributed by atoms with Gasteiger partial charge in [0.25, 0.3) is 0 Å². The van der Waals surface area contributed by atoms with Crippen LogP contribution in [-0.2, 0) is 4.79 Å². The van der Waals surface area contributed by atoms with Gasteiger partial charge in [0.15, 0.2) is 22.4 Å². The summed E-state index contributed by atoms with van der Waals surface area (Å²) in [7, 11) is 4.73. The molecule has 7 heteroatoms. The average molecular weight is 376 g/mol. The number of Topliss-reactive ketones (excluding diaryl/α,β-unsaturated/α-hetero) is 1. The first-order valence-electron chi connectivity index (χ1n) is 8.69. The third-order valence-corrected chi connectivity index (χ3v) is 5.23. The van der Waals surface area contributed by atoms with Crippen molar-refractivity contribution in [1.29, 1.82) is 0 Å². The van der Waals surface area contributed by atoms with Crippen LogP contribution in [0, 0.1) is 0 Å². The van der Waals surface area contributed by atoms with E-state index in [2.05, 4.69) is 5.32 Å². The van der Waals surface area contributed by atoms with Crippen molar-refractivity contribution < 1.29 is 19.0 Å². The molecule has 140 valence electrons. The van der Waals surface area contributed by atoms with Crippen LogP contribution in [0.25, 0.3) is 0 Å². The molecule has 0 fully saturated rings. The predicted molar refractivity (Wildman–Crippen MR) is 103 cm³/mol. The van der Waals surface area contributed by atoms with Gasteiger partial charge in [-0.2, -0.15) is 0 Å². The van der Waals surface area contributed by atoms with Crippen molar-refractivity contribution in [3.8, 4) is 17.2 Å². The zero-order valence-electron chi connectivity index (χ0n) is 15.5. The summed E-state index contributed by atoms with van der Waals surface area (Å²) in [5.41, 5.74) is 2.69. The first kappa shape index (κ1) is 18.5. The fourth-order valence-electron chi connectivity index (χ4n) is 3.70. The van der Waals surface area contributed by atoms with E-state index in [1.165, 1.54) is 0 Å². The highest BCUT2D eigenvalue weighted by Crippen LogP contribution is 2.43. The van der Waals surface area contributed by atoms with Crippen LogP contribution in [0.5, 0.6) is 17.2 Å². The molecule has 1 aliphatic heterocycles. The molecule has 26 heavy (non-hydrogen) atoms. The molecule has 0 radical (unpaired) electrons. The number of allylic oxidation sites excluding steroid dienone is 1. The van der Waals surface area contributed by atoms with Gasteiger partial charge < -0.3 is 24.4 Å². The minimum absolute atomic E-state index is 0.165. The molecule has 0 bridgehead atoms. The van der Waals surface area contributed by atoms with Crippen LogP contribution in [0.15, 0.2) is 23.4 Å². The Balaban J connectivity index is 2.16. The molecule has 1 aromatic rings. The number of rotatable bonds is 5. The number of ketones is 1. The maximum atomic E-state index is 12.8. The topological polar surface area (TPSA) is 60.0 Å². The van der Waals surface area contributed by atoms with Gasteiger partial charge in [-0.15, -0.1) is 0 Å². The molecule has 0 spiro atoms. The molecule has 0 aromatic heterocycles. The van der Waals surface area contributed by atoms with Gasteiger partial charge in [-0.3, -0.25) is 4.79 Å². The summed E-state index contributed by atoms with van der Waals surface area (Å²) >= 11 is 5.56. The number of nitrogens with zero attached hydrogens (tertiary/aromatic N) is 1. The lowest BCUT2D eigenvalue weighted by molar-refractivity contribution is -0.116. The normalized spacial score (nSPS) is 19.8. The molecule has 1 aromatic carbocycles. The van der Waals surface area contributed by atoms with Gasteiger partial charge in [-0.05, 0) is 49.7 Å². The van der Waals surface area contributed by atoms with E-state index >= 15 is 0 Å². The van der Waals surface area contributed by atoms with Crippen molar-refractivity contribution in [3.63, 3.8) is 0 Å². The van der Waals surface area contributed by atoms with Crippen molar-refractivity contribution in [1.82, 2.24) is 10.2 Å². The number of carbonyl (C=O) groups is 1. The van der Waals surface area contributed by atoms with Crippen LogP contribution >= 0.6 is 12.2 Å². The molecule has 1 heterocycles. The van der Waals surface area contributed by atoms with Crippen molar-refractivity contribution in [2.45, 2.75) is 32.2 Å². The molecule has 3 rings (SSSR count). The Morgan fingerprint density at radius 1 is 1.15 bits per heavy atom. The van der Waals surface area contributed by atoms with Crippen molar-refractivity contribution in [3.05, 3.63) is 29.0 Å². The molecular formula is C19H24N2O4S. The number of carbonyl (C=O) groups excluding carboxylic acids is 1. The van der Waals surface area contributed by atoms with Gasteiger partial charge in [0.05, 0.1) is 27.4 Å². The van der Waals surface area contributed by atoms with Gasteiger partial charge in [-0.1, -0.05) is 0 Å². The van der Waals surface area contributed by atoms with Crippen LogP contribution in [0.3, 0.4) is 0 Å². The summed E-state index contributed by atoms with van der Waals surface area (Å²) in [6.07, 6.45) is 2.28. The molecule has 2 aliphatic rings. The summed E-state index contributed by atoms with van der Waals surface area (Å²) in [4.78, 5) is 14.8. The predicted octanol–water partition coefficient (Wildman–Crippen LogP) is 2.97. The SMILES string of the molecule is CCN1C(=S)NC(c2cc(OC)c(OC)c(OC)c2)C2=C1CCCC2=O. The number of thiocarbonyl (C=S) groups is 1. The third kappa shape index (κ3) is 3.00. The van der Waals surface area contributed by atoms with Gasteiger partial charge >= 0.3 is 0 Å². The molecule has 1 aliphatic carbocycles. The average Bonchev–Trinajstić information content (AvgIpc) is 2.66. The fourth-order valence-corrected chi connectivity index (χ4v) is 4.06. The van der Waals surface area contributed by atoms with E-state index in [4.69, 9.17) is 26.4 Å². The second kappa shape index (κ2) is 7.53. The second-order valence-electron chi connectivity index (χ2n) is 6.22. The number of ether oxygens (including phenoxy) is 3. The quantitative estimate of drug-likeness (QED) is 0.793. The first-order valence-corrected chi connectivity index (χ1v) is 9.10. The van der Waals surface area contributed by atoms with E-state index in [1.54, 1.807) is 21.3 Å². The van der Waals surface area contributed by atoms with E-state index in [0.717, 1.165) is 36.2 Å². The molecule has 0 saturated carbocycles. The number of nitrogens with one attached hydrogen (secondary N) is 1. The Kier molecular flexibility index (Phi) is 5.36. The maximum Gasteiger partial charge on any atom is 0.203 e. The lowest BCUT2D eigenvalue weighted by atomic mass is 9.84. The Bertz CT molecular complexity index is 750. The minimum atomic E-state index is -0.318. The van der Waals surface area contributed by atoms with Crippen LogP contribution in [0.2, 0.25) is 0 Å². The third-order valence-electron chi connectivity index (χ3n) is 4.89. The first-order chi connectivity index (χ1) is 12.5. The van der Waals surface area contributed by atoms with Crippen molar-refractivity contribution in [2.75, 3.05) is 27.9 Å². The Morgan fingerprint density at radius 3 is 2.35 bits per heavy atom. The summed E-state index contributed by atoms with van der Waals surface area (Å²) in [5.74, 6) is 1.80. The van der Waals surface area contributed by atoms with Crippen LogP contribution in [0.4, 0.5) is 0 Å². The molecule has 1 unspecified atom stereocenters. The molecule has 0 saturated heterocycles. The summed E-state index contributed by atoms with van der Waals surface area (Å²) in [5, 5.41) is 3.97. The maximum absolute atomic E-state index is 12.8. The smallest absolute Gasteiger partial charge is 0.203 e. The molecule has 0 amide bonds. The van der Waals surface area contributed by atoms with E-state index in [-0.39, 0.29) is 11.8 Å². The number of hydrogen-bond donors (Lipinski definition) is 1. The van der Waals surface area contributed by atoms with Gasteiger partial charge in [0.1, 0.15) is 0 Å². The van der Waals surface area contributed by atoms with E-state index in [0.29, 0.717) is 28.8 Å². The lowest BCUT2D eigenvalue weighted by Gasteiger charge is -2.40. The molecule has 1 N–H and O–H groups in total. The molecule has 1 atom stereocenters. The highest BCUT2D eigenvalue weighted by Gasteiger charge is 2.37. The summed E-state index contributed by atoms with van der Waals surface area (Å²) in [6, 6.07) is 3.42. The minimum Gasteiger partial charge on any atom is -0.493 e. The van der Waals surface area contributed by atoms with E-state index < -0.39 is 0 Å². The fraction of sp³-hybridized carbons (Fsp3) is 0.474.